The Morgan fingerprint density at radius 2 is 1.57 bits per heavy atom. The highest BCUT2D eigenvalue weighted by atomic mass is 16.3. The van der Waals surface area contributed by atoms with Crippen molar-refractivity contribution in [3.8, 4) is 5.75 Å². The SMILES string of the molecule is CCCCN(CCCC)CCCN1C(=O)C(=O)/C(=C(\O)c2ccc(C)cc2)C1c1cccc(O)c1. The number of aromatic hydroxyl groups is 1. The Hall–Kier alpha value is -3.12. The van der Waals surface area contributed by atoms with Crippen LogP contribution < -0.4 is 0 Å². The van der Waals surface area contributed by atoms with E-state index < -0.39 is 17.7 Å². The van der Waals surface area contributed by atoms with Gasteiger partial charge in [0.15, 0.2) is 0 Å². The molecule has 1 aliphatic rings. The summed E-state index contributed by atoms with van der Waals surface area (Å²) in [6.45, 7) is 9.59. The number of aliphatic hydroxyl groups excluding tert-OH is 1. The van der Waals surface area contributed by atoms with Crippen LogP contribution in [-0.4, -0.2) is 57.9 Å². The van der Waals surface area contributed by atoms with Crippen molar-refractivity contribution in [3.63, 3.8) is 0 Å². The van der Waals surface area contributed by atoms with Gasteiger partial charge in [0.05, 0.1) is 11.6 Å². The molecule has 0 radical (unpaired) electrons. The molecule has 2 N–H and O–H groups in total. The highest BCUT2D eigenvalue weighted by Gasteiger charge is 2.45. The summed E-state index contributed by atoms with van der Waals surface area (Å²) in [5.41, 5.74) is 2.19. The van der Waals surface area contributed by atoms with Gasteiger partial charge >= 0.3 is 0 Å². The van der Waals surface area contributed by atoms with Gasteiger partial charge in [-0.1, -0.05) is 68.7 Å². The third kappa shape index (κ3) is 6.51. The van der Waals surface area contributed by atoms with Crippen LogP contribution in [0.4, 0.5) is 0 Å². The number of phenols is 1. The number of carbonyl (C=O) groups is 2. The van der Waals surface area contributed by atoms with Gasteiger partial charge in [-0.05, 0) is 63.5 Å². The van der Waals surface area contributed by atoms with Gasteiger partial charge in [0, 0.05) is 12.1 Å². The summed E-state index contributed by atoms with van der Waals surface area (Å²) < 4.78 is 0. The Morgan fingerprint density at radius 3 is 2.17 bits per heavy atom. The number of hydrogen-bond donors (Lipinski definition) is 2. The minimum Gasteiger partial charge on any atom is -0.508 e. The number of aliphatic hydroxyl groups is 1. The molecule has 0 aliphatic carbocycles. The zero-order valence-corrected chi connectivity index (χ0v) is 21.2. The highest BCUT2D eigenvalue weighted by Crippen LogP contribution is 2.40. The first kappa shape index (κ1) is 26.5. The average molecular weight is 479 g/mol. The normalized spacial score (nSPS) is 17.5. The predicted octanol–water partition coefficient (Wildman–Crippen LogP) is 5.41. The second kappa shape index (κ2) is 12.5. The fourth-order valence-electron chi connectivity index (χ4n) is 4.58. The third-order valence-electron chi connectivity index (χ3n) is 6.58. The summed E-state index contributed by atoms with van der Waals surface area (Å²) in [7, 11) is 0. The van der Waals surface area contributed by atoms with Crippen molar-refractivity contribution in [1.29, 1.82) is 0 Å². The molecule has 2 aromatic carbocycles. The maximum Gasteiger partial charge on any atom is 0.295 e. The molecule has 35 heavy (non-hydrogen) atoms. The van der Waals surface area contributed by atoms with Gasteiger partial charge in [-0.25, -0.2) is 0 Å². The maximum absolute atomic E-state index is 13.2. The number of phenolic OH excluding ortho intramolecular Hbond substituents is 1. The van der Waals surface area contributed by atoms with E-state index in [2.05, 4.69) is 18.7 Å². The molecule has 1 atom stereocenters. The molecule has 1 fully saturated rings. The van der Waals surface area contributed by atoms with E-state index in [-0.39, 0.29) is 17.1 Å². The number of carbonyl (C=O) groups excluding carboxylic acids is 2. The Morgan fingerprint density at radius 1 is 0.943 bits per heavy atom. The highest BCUT2D eigenvalue weighted by molar-refractivity contribution is 6.46. The molecule has 6 heteroatoms. The number of unbranched alkanes of at least 4 members (excludes halogenated alkanes) is 2. The average Bonchev–Trinajstić information content (AvgIpc) is 3.10. The fourth-order valence-corrected chi connectivity index (χ4v) is 4.58. The molecular formula is C29H38N2O4. The number of likely N-dealkylation sites (tertiary alicyclic amines) is 1. The van der Waals surface area contributed by atoms with Gasteiger partial charge in [-0.2, -0.15) is 0 Å². The number of amides is 1. The zero-order valence-electron chi connectivity index (χ0n) is 21.2. The van der Waals surface area contributed by atoms with Crippen molar-refractivity contribution >= 4 is 17.4 Å². The molecule has 0 bridgehead atoms. The predicted molar refractivity (Wildman–Crippen MR) is 139 cm³/mol. The molecule has 0 saturated carbocycles. The van der Waals surface area contributed by atoms with Crippen molar-refractivity contribution in [2.45, 2.75) is 58.9 Å². The first-order chi connectivity index (χ1) is 16.9. The van der Waals surface area contributed by atoms with Crippen LogP contribution in [0.15, 0.2) is 54.1 Å². The lowest BCUT2D eigenvalue weighted by atomic mass is 9.95. The summed E-state index contributed by atoms with van der Waals surface area (Å²) in [6.07, 6.45) is 5.25. The molecule has 1 aliphatic heterocycles. The number of Topliss-reactive ketones (excluding diaryl/α,β-unsaturated/α-hetero) is 1. The van der Waals surface area contributed by atoms with Crippen LogP contribution in [0.2, 0.25) is 0 Å². The molecule has 1 saturated heterocycles. The van der Waals surface area contributed by atoms with Crippen molar-refractivity contribution < 1.29 is 19.8 Å². The van der Waals surface area contributed by atoms with E-state index in [1.54, 1.807) is 41.3 Å². The van der Waals surface area contributed by atoms with Crippen LogP contribution in [0, 0.1) is 6.92 Å². The standard InChI is InChI=1S/C29H38N2O4/c1-4-6-16-30(17-7-5-2)18-9-19-31-26(23-10-8-11-24(32)20-23)25(28(34)29(31)35)27(33)22-14-12-21(3)13-15-22/h8,10-15,20,26,32-33H,4-7,9,16-19H2,1-3H3/b27-25-. The lowest BCUT2D eigenvalue weighted by Gasteiger charge is -2.27. The van der Waals surface area contributed by atoms with Gasteiger partial charge in [-0.3, -0.25) is 9.59 Å². The summed E-state index contributed by atoms with van der Waals surface area (Å²) in [4.78, 5) is 30.3. The van der Waals surface area contributed by atoms with E-state index in [4.69, 9.17) is 0 Å². The van der Waals surface area contributed by atoms with E-state index in [0.717, 1.165) is 57.3 Å². The summed E-state index contributed by atoms with van der Waals surface area (Å²) in [5.74, 6) is -1.44. The van der Waals surface area contributed by atoms with Crippen LogP contribution >= 0.6 is 0 Å². The number of hydrogen-bond acceptors (Lipinski definition) is 5. The second-order valence-corrected chi connectivity index (χ2v) is 9.36. The smallest absolute Gasteiger partial charge is 0.295 e. The van der Waals surface area contributed by atoms with Gasteiger partial charge < -0.3 is 20.0 Å². The molecule has 1 unspecified atom stereocenters. The summed E-state index contributed by atoms with van der Waals surface area (Å²) in [6, 6.07) is 13.0. The minimum absolute atomic E-state index is 0.0498. The van der Waals surface area contributed by atoms with Gasteiger partial charge in [0.1, 0.15) is 11.5 Å². The topological polar surface area (TPSA) is 81.1 Å². The van der Waals surface area contributed by atoms with Crippen molar-refractivity contribution in [2.24, 2.45) is 0 Å². The summed E-state index contributed by atoms with van der Waals surface area (Å²) >= 11 is 0. The fraction of sp³-hybridized carbons (Fsp3) is 0.448. The monoisotopic (exact) mass is 478 g/mol. The number of rotatable bonds is 12. The number of aryl methyl sites for hydroxylation is 1. The third-order valence-corrected chi connectivity index (χ3v) is 6.58. The quantitative estimate of drug-likeness (QED) is 0.242. The van der Waals surface area contributed by atoms with E-state index >= 15 is 0 Å². The lowest BCUT2D eigenvalue weighted by Crippen LogP contribution is -2.34. The summed E-state index contributed by atoms with van der Waals surface area (Å²) in [5, 5.41) is 21.2. The molecular weight excluding hydrogens is 440 g/mol. The Bertz CT molecular complexity index is 1040. The van der Waals surface area contributed by atoms with E-state index in [1.165, 1.54) is 0 Å². The van der Waals surface area contributed by atoms with Gasteiger partial charge in [0.25, 0.3) is 11.7 Å². The van der Waals surface area contributed by atoms with Crippen LogP contribution in [0.25, 0.3) is 5.76 Å². The number of ketones is 1. The van der Waals surface area contributed by atoms with Gasteiger partial charge in [-0.15, -0.1) is 0 Å². The molecule has 188 valence electrons. The minimum atomic E-state index is -0.747. The Labute approximate surface area is 208 Å². The number of benzene rings is 2. The Kier molecular flexibility index (Phi) is 9.49. The van der Waals surface area contributed by atoms with Crippen molar-refractivity contribution in [1.82, 2.24) is 9.80 Å². The molecule has 2 aromatic rings. The molecule has 3 rings (SSSR count). The molecule has 1 amide bonds. The molecule has 1 heterocycles. The van der Waals surface area contributed by atoms with E-state index in [1.807, 2.05) is 19.1 Å². The van der Waals surface area contributed by atoms with E-state index in [0.29, 0.717) is 17.7 Å². The first-order valence-corrected chi connectivity index (χ1v) is 12.7. The Balaban J connectivity index is 1.91. The maximum atomic E-state index is 13.2. The molecule has 6 nitrogen and oxygen atoms in total. The van der Waals surface area contributed by atoms with Crippen molar-refractivity contribution in [3.05, 3.63) is 70.8 Å². The van der Waals surface area contributed by atoms with Crippen LogP contribution in [0.3, 0.4) is 0 Å². The molecule has 0 spiro atoms. The zero-order chi connectivity index (χ0) is 25.4. The second-order valence-electron chi connectivity index (χ2n) is 9.36. The first-order valence-electron chi connectivity index (χ1n) is 12.7. The largest absolute Gasteiger partial charge is 0.508 e. The van der Waals surface area contributed by atoms with Crippen LogP contribution in [0.5, 0.6) is 5.75 Å². The molecule has 0 aromatic heterocycles. The van der Waals surface area contributed by atoms with Gasteiger partial charge in [0.2, 0.25) is 0 Å². The van der Waals surface area contributed by atoms with Crippen LogP contribution in [-0.2, 0) is 9.59 Å². The van der Waals surface area contributed by atoms with E-state index in [9.17, 15) is 19.8 Å². The number of nitrogens with zero attached hydrogens (tertiary/aromatic N) is 2. The van der Waals surface area contributed by atoms with Crippen molar-refractivity contribution in [2.75, 3.05) is 26.2 Å². The lowest BCUT2D eigenvalue weighted by molar-refractivity contribution is -0.140. The van der Waals surface area contributed by atoms with Crippen LogP contribution in [0.1, 0.15) is 68.7 Å².